The number of pyridine rings is 1. The van der Waals surface area contributed by atoms with Crippen molar-refractivity contribution in [3.8, 4) is 0 Å². The van der Waals surface area contributed by atoms with Gasteiger partial charge in [0.15, 0.2) is 5.89 Å². The quantitative estimate of drug-likeness (QED) is 0.831. The highest BCUT2D eigenvalue weighted by Crippen LogP contribution is 2.31. The second kappa shape index (κ2) is 4.90. The first-order chi connectivity index (χ1) is 8.83. The van der Waals surface area contributed by atoms with Crippen LogP contribution in [0.4, 0.5) is 0 Å². The molecule has 0 aromatic carbocycles. The van der Waals surface area contributed by atoms with Crippen molar-refractivity contribution in [3.63, 3.8) is 0 Å². The van der Waals surface area contributed by atoms with E-state index in [4.69, 9.17) is 4.42 Å². The molecule has 2 aromatic heterocycles. The Balaban J connectivity index is 1.75. The Kier molecular flexibility index (Phi) is 3.11. The van der Waals surface area contributed by atoms with E-state index in [1.807, 2.05) is 19.2 Å². The lowest BCUT2D eigenvalue weighted by Gasteiger charge is -2.22. The first-order valence-corrected chi connectivity index (χ1v) is 6.39. The molecule has 1 atom stereocenters. The molecule has 0 aliphatic carbocycles. The van der Waals surface area contributed by atoms with Crippen LogP contribution in [0.3, 0.4) is 0 Å². The van der Waals surface area contributed by atoms with Crippen LogP contribution in [-0.2, 0) is 6.54 Å². The molecule has 94 valence electrons. The Bertz CT molecular complexity index is 509. The Morgan fingerprint density at radius 3 is 3.11 bits per heavy atom. The van der Waals surface area contributed by atoms with Crippen LogP contribution in [0.2, 0.25) is 0 Å². The summed E-state index contributed by atoms with van der Waals surface area (Å²) in [6, 6.07) is 6.54. The molecule has 1 aliphatic rings. The summed E-state index contributed by atoms with van der Waals surface area (Å²) in [5, 5.41) is 0. The van der Waals surface area contributed by atoms with Crippen LogP contribution < -0.4 is 0 Å². The predicted octanol–water partition coefficient (Wildman–Crippen LogP) is 2.72. The van der Waals surface area contributed by atoms with Crippen LogP contribution in [0.5, 0.6) is 0 Å². The van der Waals surface area contributed by atoms with E-state index < -0.39 is 0 Å². The third-order valence-corrected chi connectivity index (χ3v) is 3.42. The summed E-state index contributed by atoms with van der Waals surface area (Å²) < 4.78 is 5.26. The molecular weight excluding hydrogens is 226 g/mol. The van der Waals surface area contributed by atoms with Crippen LogP contribution in [-0.4, -0.2) is 21.4 Å². The third-order valence-electron chi connectivity index (χ3n) is 3.42. The first kappa shape index (κ1) is 11.4. The van der Waals surface area contributed by atoms with E-state index in [2.05, 4.69) is 27.0 Å². The molecule has 0 saturated carbocycles. The SMILES string of the molecule is Cc1nc(CN2CCCC2c2ccccn2)co1. The van der Waals surface area contributed by atoms with Gasteiger partial charge in [-0.1, -0.05) is 6.07 Å². The van der Waals surface area contributed by atoms with E-state index in [0.717, 1.165) is 30.4 Å². The maximum Gasteiger partial charge on any atom is 0.191 e. The maximum atomic E-state index is 5.26. The molecule has 0 N–H and O–H groups in total. The van der Waals surface area contributed by atoms with E-state index in [-0.39, 0.29) is 0 Å². The zero-order valence-corrected chi connectivity index (χ0v) is 10.5. The molecule has 1 unspecified atom stereocenters. The average molecular weight is 243 g/mol. The minimum Gasteiger partial charge on any atom is -0.449 e. The van der Waals surface area contributed by atoms with Gasteiger partial charge in [0, 0.05) is 19.7 Å². The summed E-state index contributed by atoms with van der Waals surface area (Å²) in [6.07, 6.45) is 6.02. The molecule has 0 amide bonds. The number of rotatable bonds is 3. The number of hydrogen-bond donors (Lipinski definition) is 0. The third kappa shape index (κ3) is 2.29. The Morgan fingerprint density at radius 2 is 2.39 bits per heavy atom. The summed E-state index contributed by atoms with van der Waals surface area (Å²) in [6.45, 7) is 3.83. The minimum atomic E-state index is 0.420. The number of aromatic nitrogens is 2. The van der Waals surface area contributed by atoms with Crippen molar-refractivity contribution in [2.75, 3.05) is 6.54 Å². The van der Waals surface area contributed by atoms with Gasteiger partial charge < -0.3 is 4.42 Å². The second-order valence-electron chi connectivity index (χ2n) is 4.74. The maximum absolute atomic E-state index is 5.26. The van der Waals surface area contributed by atoms with Crippen LogP contribution in [0.25, 0.3) is 0 Å². The molecule has 4 heteroatoms. The van der Waals surface area contributed by atoms with Gasteiger partial charge in [-0.25, -0.2) is 4.98 Å². The fourth-order valence-electron chi connectivity index (χ4n) is 2.61. The first-order valence-electron chi connectivity index (χ1n) is 6.39. The fourth-order valence-corrected chi connectivity index (χ4v) is 2.61. The number of oxazole rings is 1. The van der Waals surface area contributed by atoms with Crippen LogP contribution in [0.1, 0.15) is 36.2 Å². The summed E-state index contributed by atoms with van der Waals surface area (Å²) in [7, 11) is 0. The molecule has 1 aliphatic heterocycles. The van der Waals surface area contributed by atoms with Gasteiger partial charge in [0.1, 0.15) is 6.26 Å². The molecule has 0 spiro atoms. The molecule has 18 heavy (non-hydrogen) atoms. The highest BCUT2D eigenvalue weighted by molar-refractivity contribution is 5.11. The zero-order chi connectivity index (χ0) is 12.4. The van der Waals surface area contributed by atoms with E-state index in [0.29, 0.717) is 6.04 Å². The standard InChI is InChI=1S/C14H17N3O/c1-11-16-12(10-18-11)9-17-8-4-6-14(17)13-5-2-3-7-15-13/h2-3,5,7,10,14H,4,6,8-9H2,1H3. The Hall–Kier alpha value is -1.68. The minimum absolute atomic E-state index is 0.420. The molecule has 4 nitrogen and oxygen atoms in total. The van der Waals surface area contributed by atoms with Crippen molar-refractivity contribution >= 4 is 0 Å². The van der Waals surface area contributed by atoms with Gasteiger partial charge in [0.25, 0.3) is 0 Å². The van der Waals surface area contributed by atoms with Gasteiger partial charge in [0.2, 0.25) is 0 Å². The molecule has 1 fully saturated rings. The predicted molar refractivity (Wildman–Crippen MR) is 67.9 cm³/mol. The largest absolute Gasteiger partial charge is 0.449 e. The van der Waals surface area contributed by atoms with Crippen LogP contribution >= 0.6 is 0 Å². The lowest BCUT2D eigenvalue weighted by atomic mass is 10.1. The normalized spacial score (nSPS) is 20.4. The molecule has 0 radical (unpaired) electrons. The van der Waals surface area contributed by atoms with Crippen LogP contribution in [0.15, 0.2) is 35.1 Å². The summed E-state index contributed by atoms with van der Waals surface area (Å²) >= 11 is 0. The topological polar surface area (TPSA) is 42.2 Å². The lowest BCUT2D eigenvalue weighted by Crippen LogP contribution is -2.23. The summed E-state index contributed by atoms with van der Waals surface area (Å²) in [5.41, 5.74) is 2.17. The van der Waals surface area contributed by atoms with Crippen molar-refractivity contribution in [3.05, 3.63) is 47.9 Å². The molecule has 0 bridgehead atoms. The van der Waals surface area contributed by atoms with Crippen molar-refractivity contribution in [1.82, 2.24) is 14.9 Å². The highest BCUT2D eigenvalue weighted by atomic mass is 16.3. The summed E-state index contributed by atoms with van der Waals surface area (Å²) in [5.74, 6) is 0.735. The van der Waals surface area contributed by atoms with Crippen molar-refractivity contribution in [2.24, 2.45) is 0 Å². The number of nitrogens with zero attached hydrogens (tertiary/aromatic N) is 3. The Morgan fingerprint density at radius 1 is 1.44 bits per heavy atom. The average Bonchev–Trinajstić information content (AvgIpc) is 3.00. The van der Waals surface area contributed by atoms with E-state index >= 15 is 0 Å². The zero-order valence-electron chi connectivity index (χ0n) is 10.5. The van der Waals surface area contributed by atoms with Gasteiger partial charge in [-0.15, -0.1) is 0 Å². The fraction of sp³-hybridized carbons (Fsp3) is 0.429. The Labute approximate surface area is 107 Å². The number of likely N-dealkylation sites (tertiary alicyclic amines) is 1. The lowest BCUT2D eigenvalue weighted by molar-refractivity contribution is 0.241. The van der Waals surface area contributed by atoms with Gasteiger partial charge in [-0.2, -0.15) is 0 Å². The van der Waals surface area contributed by atoms with Gasteiger partial charge in [-0.3, -0.25) is 9.88 Å². The van der Waals surface area contributed by atoms with Gasteiger partial charge >= 0.3 is 0 Å². The summed E-state index contributed by atoms with van der Waals surface area (Å²) in [4.78, 5) is 11.3. The van der Waals surface area contributed by atoms with Gasteiger partial charge in [-0.05, 0) is 31.5 Å². The van der Waals surface area contributed by atoms with Crippen molar-refractivity contribution in [1.29, 1.82) is 0 Å². The van der Waals surface area contributed by atoms with Crippen molar-refractivity contribution in [2.45, 2.75) is 32.4 Å². The second-order valence-corrected chi connectivity index (χ2v) is 4.74. The highest BCUT2D eigenvalue weighted by Gasteiger charge is 2.27. The van der Waals surface area contributed by atoms with E-state index in [1.165, 1.54) is 12.8 Å². The molecule has 2 aromatic rings. The van der Waals surface area contributed by atoms with E-state index in [1.54, 1.807) is 6.26 Å². The van der Waals surface area contributed by atoms with E-state index in [9.17, 15) is 0 Å². The molecule has 3 rings (SSSR count). The molecule has 3 heterocycles. The molecule has 1 saturated heterocycles. The smallest absolute Gasteiger partial charge is 0.191 e. The number of aryl methyl sites for hydroxylation is 1. The van der Waals surface area contributed by atoms with Crippen LogP contribution in [0, 0.1) is 6.92 Å². The molecular formula is C14H17N3O. The monoisotopic (exact) mass is 243 g/mol. The van der Waals surface area contributed by atoms with Crippen molar-refractivity contribution < 1.29 is 4.42 Å². The van der Waals surface area contributed by atoms with Gasteiger partial charge in [0.05, 0.1) is 17.4 Å². The number of hydrogen-bond acceptors (Lipinski definition) is 4.